The highest BCUT2D eigenvalue weighted by molar-refractivity contribution is 7.87. The third-order valence-corrected chi connectivity index (χ3v) is 14.4. The Morgan fingerprint density at radius 1 is 0.927 bits per heavy atom. The van der Waals surface area contributed by atoms with Crippen LogP contribution in [0.5, 0.6) is 0 Å². The van der Waals surface area contributed by atoms with Gasteiger partial charge < -0.3 is 15.5 Å². The third kappa shape index (κ3) is 5.95. The number of rotatable bonds is 9. The van der Waals surface area contributed by atoms with Crippen LogP contribution in [0.4, 0.5) is 4.79 Å². The molecule has 4 N–H and O–H groups in total. The van der Waals surface area contributed by atoms with Gasteiger partial charge in [-0.3, -0.25) is 0 Å². The van der Waals surface area contributed by atoms with Crippen molar-refractivity contribution in [3.05, 3.63) is 0 Å². The predicted molar refractivity (Wildman–Crippen MR) is 163 cm³/mol. The maximum absolute atomic E-state index is 12.8. The summed E-state index contributed by atoms with van der Waals surface area (Å²) in [6.45, 7) is 17.1. The van der Waals surface area contributed by atoms with E-state index < -0.39 is 16.2 Å². The molecular formula is C32H59N3O5S. The van der Waals surface area contributed by atoms with E-state index in [-0.39, 0.29) is 41.0 Å². The molecule has 11 atom stereocenters. The van der Waals surface area contributed by atoms with E-state index >= 15 is 0 Å². The molecule has 0 unspecified atom stereocenters. The van der Waals surface area contributed by atoms with Crippen molar-refractivity contribution in [3.8, 4) is 0 Å². The number of fused-ring (bicyclic) bond motifs is 5. The van der Waals surface area contributed by atoms with Gasteiger partial charge in [-0.25, -0.2) is 9.52 Å². The molecule has 41 heavy (non-hydrogen) atoms. The van der Waals surface area contributed by atoms with Crippen molar-refractivity contribution in [3.63, 3.8) is 0 Å². The molecular weight excluding hydrogens is 538 g/mol. The van der Waals surface area contributed by atoms with Crippen molar-refractivity contribution in [1.29, 1.82) is 0 Å². The smallest absolute Gasteiger partial charge is 0.329 e. The SMILES string of the molecule is CC[C@H]1[C@@H](O)[C@@H]2[C@H](CC[C@]3(C)[C@@H]([C@H](C)CCNC(=O)NS(=O)(=O)N(C(C)C)C(C)C)CC[C@@H]23)[C@@]2(C)CC[C@@H](O)C[C@@H]12. The topological polar surface area (TPSA) is 119 Å². The van der Waals surface area contributed by atoms with Crippen LogP contribution in [0.2, 0.25) is 0 Å². The number of amides is 2. The van der Waals surface area contributed by atoms with E-state index in [1.807, 2.05) is 0 Å². The van der Waals surface area contributed by atoms with E-state index in [1.165, 1.54) is 10.7 Å². The minimum absolute atomic E-state index is 0.165. The molecule has 0 radical (unpaired) electrons. The number of urea groups is 1. The number of hydrogen-bond donors (Lipinski definition) is 4. The first-order valence-electron chi connectivity index (χ1n) is 16.5. The summed E-state index contributed by atoms with van der Waals surface area (Å²) in [5.74, 6) is 2.92. The quantitative estimate of drug-likeness (QED) is 0.288. The Kier molecular flexibility index (Phi) is 9.85. The van der Waals surface area contributed by atoms with Gasteiger partial charge in [0.1, 0.15) is 0 Å². The van der Waals surface area contributed by atoms with Crippen LogP contribution >= 0.6 is 0 Å². The number of aliphatic hydroxyl groups is 2. The lowest BCUT2D eigenvalue weighted by Crippen LogP contribution is -2.62. The molecule has 0 saturated heterocycles. The molecule has 0 heterocycles. The minimum atomic E-state index is -3.92. The highest BCUT2D eigenvalue weighted by atomic mass is 32.2. The van der Waals surface area contributed by atoms with E-state index in [0.717, 1.165) is 51.4 Å². The van der Waals surface area contributed by atoms with Gasteiger partial charge in [0.2, 0.25) is 0 Å². The molecule has 238 valence electrons. The van der Waals surface area contributed by atoms with Crippen LogP contribution in [-0.2, 0) is 10.2 Å². The van der Waals surface area contributed by atoms with Gasteiger partial charge >= 0.3 is 16.2 Å². The molecule has 4 rings (SSSR count). The predicted octanol–water partition coefficient (Wildman–Crippen LogP) is 5.30. The standard InChI is InChI=1S/C32H59N3O5S/c1-9-23-27-18-22(36)12-15-32(27,8)26-13-16-31(7)24(10-11-25(31)28(26)29(23)37)21(6)14-17-33-30(38)34-41(39,40)35(19(2)3)20(4)5/h19-29,36-37H,9-18H2,1-8H3,(H2,33,34,38)/t21-,22-,23-,24-,25+,26+,27+,28+,29-,31-,32-/m1/s1. The molecule has 0 bridgehead atoms. The summed E-state index contributed by atoms with van der Waals surface area (Å²) in [5.41, 5.74) is 0.366. The lowest BCUT2D eigenvalue weighted by atomic mass is 9.41. The summed E-state index contributed by atoms with van der Waals surface area (Å²) in [4.78, 5) is 12.5. The van der Waals surface area contributed by atoms with E-state index in [9.17, 15) is 23.4 Å². The second-order valence-corrected chi connectivity index (χ2v) is 16.8. The molecule has 8 nitrogen and oxygen atoms in total. The molecule has 0 aromatic carbocycles. The maximum Gasteiger partial charge on any atom is 0.329 e. The molecule has 2 amide bonds. The number of nitrogens with zero attached hydrogens (tertiary/aromatic N) is 1. The summed E-state index contributed by atoms with van der Waals surface area (Å²) < 4.78 is 29.0. The fraction of sp³-hybridized carbons (Fsp3) is 0.969. The summed E-state index contributed by atoms with van der Waals surface area (Å²) in [5, 5.41) is 25.2. The molecule has 9 heteroatoms. The highest BCUT2D eigenvalue weighted by Crippen LogP contribution is 2.69. The number of carbonyl (C=O) groups is 1. The average Bonchev–Trinajstić information content (AvgIpc) is 3.21. The van der Waals surface area contributed by atoms with Gasteiger partial charge in [-0.2, -0.15) is 12.7 Å². The molecule has 0 aromatic rings. The first-order chi connectivity index (χ1) is 19.1. The first-order valence-corrected chi connectivity index (χ1v) is 18.0. The first kappa shape index (κ1) is 33.0. The van der Waals surface area contributed by atoms with Crippen LogP contribution in [0.25, 0.3) is 0 Å². The Hall–Kier alpha value is -0.900. The average molecular weight is 598 g/mol. The molecule has 4 aliphatic carbocycles. The fourth-order valence-corrected chi connectivity index (χ4v) is 12.4. The number of hydrogen-bond acceptors (Lipinski definition) is 5. The van der Waals surface area contributed by atoms with Gasteiger partial charge in [0.15, 0.2) is 0 Å². The van der Waals surface area contributed by atoms with Gasteiger partial charge in [-0.05, 0) is 131 Å². The highest BCUT2D eigenvalue weighted by Gasteiger charge is 2.64. The minimum Gasteiger partial charge on any atom is -0.393 e. The van der Waals surface area contributed by atoms with Crippen LogP contribution in [0.3, 0.4) is 0 Å². The van der Waals surface area contributed by atoms with Gasteiger partial charge in [0.25, 0.3) is 0 Å². The van der Waals surface area contributed by atoms with E-state index in [0.29, 0.717) is 42.1 Å². The second kappa shape index (κ2) is 12.2. The van der Waals surface area contributed by atoms with Crippen LogP contribution in [0, 0.1) is 52.3 Å². The van der Waals surface area contributed by atoms with Crippen LogP contribution < -0.4 is 10.0 Å². The van der Waals surface area contributed by atoms with Gasteiger partial charge in [-0.1, -0.05) is 34.1 Å². The summed E-state index contributed by atoms with van der Waals surface area (Å²) in [6.07, 6.45) is 8.66. The van der Waals surface area contributed by atoms with Gasteiger partial charge in [0.05, 0.1) is 12.2 Å². The molecule has 4 saturated carbocycles. The number of carbonyl (C=O) groups excluding carboxylic acids is 1. The molecule has 4 aliphatic rings. The second-order valence-electron chi connectivity index (χ2n) is 15.3. The van der Waals surface area contributed by atoms with E-state index in [2.05, 4.69) is 37.7 Å². The molecule has 0 aliphatic heterocycles. The van der Waals surface area contributed by atoms with E-state index in [4.69, 9.17) is 0 Å². The number of nitrogens with one attached hydrogen (secondary N) is 2. The maximum atomic E-state index is 12.8. The van der Waals surface area contributed by atoms with Gasteiger partial charge in [-0.15, -0.1) is 0 Å². The molecule has 4 fully saturated rings. The fourth-order valence-electron chi connectivity index (χ4n) is 10.9. The third-order valence-electron chi connectivity index (χ3n) is 12.6. The van der Waals surface area contributed by atoms with Crippen molar-refractivity contribution < 1.29 is 23.4 Å². The summed E-state index contributed by atoms with van der Waals surface area (Å²) in [6, 6.07) is -1.17. The van der Waals surface area contributed by atoms with Crippen LogP contribution in [0.15, 0.2) is 0 Å². The Labute approximate surface area is 250 Å². The Bertz CT molecular complexity index is 1030. The van der Waals surface area contributed by atoms with Crippen molar-refractivity contribution in [2.45, 2.75) is 137 Å². The zero-order valence-corrected chi connectivity index (χ0v) is 27.7. The van der Waals surface area contributed by atoms with Crippen molar-refractivity contribution in [1.82, 2.24) is 14.3 Å². The Morgan fingerprint density at radius 3 is 2.15 bits per heavy atom. The number of aliphatic hydroxyl groups excluding tert-OH is 2. The largest absolute Gasteiger partial charge is 0.393 e. The molecule has 0 spiro atoms. The normalized spacial score (nSPS) is 41.6. The van der Waals surface area contributed by atoms with Crippen molar-refractivity contribution >= 4 is 16.2 Å². The monoisotopic (exact) mass is 597 g/mol. The zero-order chi connectivity index (χ0) is 30.5. The van der Waals surface area contributed by atoms with E-state index in [1.54, 1.807) is 27.7 Å². The summed E-state index contributed by atoms with van der Waals surface area (Å²) >= 11 is 0. The zero-order valence-electron chi connectivity index (χ0n) is 26.9. The Balaban J connectivity index is 1.40. The lowest BCUT2D eigenvalue weighted by Gasteiger charge is -2.64. The Morgan fingerprint density at radius 2 is 1.54 bits per heavy atom. The van der Waals surface area contributed by atoms with Crippen molar-refractivity contribution in [2.75, 3.05) is 6.54 Å². The summed E-state index contributed by atoms with van der Waals surface area (Å²) in [7, 11) is -3.92. The van der Waals surface area contributed by atoms with Crippen LogP contribution in [0.1, 0.15) is 113 Å². The lowest BCUT2D eigenvalue weighted by molar-refractivity contribution is -0.203. The van der Waals surface area contributed by atoms with Gasteiger partial charge in [0, 0.05) is 18.6 Å². The van der Waals surface area contributed by atoms with Crippen molar-refractivity contribution in [2.24, 2.45) is 52.3 Å². The van der Waals surface area contributed by atoms with Crippen LogP contribution in [-0.4, -0.2) is 59.8 Å². The molecule has 0 aromatic heterocycles.